The maximum Gasteiger partial charge on any atom is 0.313 e. The summed E-state index contributed by atoms with van der Waals surface area (Å²) in [6.07, 6.45) is 5.43. The predicted molar refractivity (Wildman–Crippen MR) is 52.1 cm³/mol. The molecule has 0 saturated heterocycles. The van der Waals surface area contributed by atoms with Crippen molar-refractivity contribution in [3.8, 4) is 0 Å². The monoisotopic (exact) mass is 210 g/mol. The number of aliphatic carboxylic acids is 1. The van der Waals surface area contributed by atoms with Gasteiger partial charge in [0.1, 0.15) is 0 Å². The molecule has 0 amide bonds. The molecular weight excluding hydrogens is 196 g/mol. The zero-order valence-corrected chi connectivity index (χ0v) is 8.60. The number of hydrogen-bond acceptors (Lipinski definition) is 3. The number of allylic oxidation sites excluding steroid dienone is 2. The highest BCUT2D eigenvalue weighted by atomic mass is 16.5. The number of rotatable bonds is 3. The van der Waals surface area contributed by atoms with E-state index in [2.05, 4.69) is 6.08 Å². The van der Waals surface area contributed by atoms with E-state index in [-0.39, 0.29) is 18.3 Å². The Kier molecular flexibility index (Phi) is 2.29. The summed E-state index contributed by atoms with van der Waals surface area (Å²) in [6.45, 7) is 0. The van der Waals surface area contributed by atoms with Gasteiger partial charge in [-0.1, -0.05) is 12.2 Å². The number of ether oxygens (including phenoxy) is 1. The summed E-state index contributed by atoms with van der Waals surface area (Å²) in [5, 5.41) is 8.88. The third-order valence-corrected chi connectivity index (χ3v) is 3.57. The second-order valence-corrected chi connectivity index (χ2v) is 4.41. The van der Waals surface area contributed by atoms with Gasteiger partial charge in [0.15, 0.2) is 0 Å². The van der Waals surface area contributed by atoms with Gasteiger partial charge < -0.3 is 9.84 Å². The number of fused-ring (bicyclic) bond motifs is 2. The molecule has 0 aliphatic heterocycles. The molecule has 1 saturated carbocycles. The Balaban J connectivity index is 2.28. The Bertz CT molecular complexity index is 333. The van der Waals surface area contributed by atoms with E-state index in [9.17, 15) is 9.59 Å². The van der Waals surface area contributed by atoms with Gasteiger partial charge in [-0.05, 0) is 24.7 Å². The summed E-state index contributed by atoms with van der Waals surface area (Å²) in [5.41, 5.74) is -0.806. The molecule has 4 nitrogen and oxygen atoms in total. The fourth-order valence-electron chi connectivity index (χ4n) is 2.94. The molecule has 0 aromatic rings. The Morgan fingerprint density at radius 2 is 2.27 bits per heavy atom. The Morgan fingerprint density at radius 1 is 1.53 bits per heavy atom. The van der Waals surface area contributed by atoms with Gasteiger partial charge >= 0.3 is 11.9 Å². The molecule has 3 atom stereocenters. The molecule has 0 heterocycles. The first-order valence-corrected chi connectivity index (χ1v) is 5.07. The lowest BCUT2D eigenvalue weighted by molar-refractivity contribution is -0.160. The van der Waals surface area contributed by atoms with Gasteiger partial charge in [0.2, 0.25) is 0 Å². The van der Waals surface area contributed by atoms with Crippen LogP contribution in [0.15, 0.2) is 12.2 Å². The Morgan fingerprint density at radius 3 is 2.67 bits per heavy atom. The highest BCUT2D eigenvalue weighted by molar-refractivity contribution is 5.84. The SMILES string of the molecule is COC(=O)C1(CC(=O)O)CC2C=CC1C2. The van der Waals surface area contributed by atoms with Crippen LogP contribution < -0.4 is 0 Å². The number of methoxy groups -OCH3 is 1. The molecular formula is C11H14O4. The largest absolute Gasteiger partial charge is 0.481 e. The molecule has 2 bridgehead atoms. The normalized spacial score (nSPS) is 36.9. The third-order valence-electron chi connectivity index (χ3n) is 3.57. The van der Waals surface area contributed by atoms with Crippen molar-refractivity contribution in [1.82, 2.24) is 0 Å². The third kappa shape index (κ3) is 1.44. The standard InChI is InChI=1S/C11H14O4/c1-15-10(14)11(6-9(12)13)5-7-2-3-8(11)4-7/h2-3,7-8H,4-6H2,1H3,(H,12,13). The number of hydrogen-bond donors (Lipinski definition) is 1. The minimum Gasteiger partial charge on any atom is -0.481 e. The molecule has 0 aromatic heterocycles. The van der Waals surface area contributed by atoms with Crippen LogP contribution in [0.4, 0.5) is 0 Å². The maximum atomic E-state index is 11.7. The number of carbonyl (C=O) groups is 2. The molecule has 2 aliphatic rings. The summed E-state index contributed by atoms with van der Waals surface area (Å²) >= 11 is 0. The van der Waals surface area contributed by atoms with Gasteiger partial charge in [-0.25, -0.2) is 0 Å². The second-order valence-electron chi connectivity index (χ2n) is 4.41. The number of carboxylic acids is 1. The second kappa shape index (κ2) is 3.36. The van der Waals surface area contributed by atoms with Crippen LogP contribution in [0.5, 0.6) is 0 Å². The number of carboxylic acid groups (broad SMARTS) is 1. The molecule has 4 heteroatoms. The van der Waals surface area contributed by atoms with E-state index < -0.39 is 11.4 Å². The van der Waals surface area contributed by atoms with Crippen LogP contribution in [0.3, 0.4) is 0 Å². The van der Waals surface area contributed by atoms with Crippen molar-refractivity contribution in [2.45, 2.75) is 19.3 Å². The van der Waals surface area contributed by atoms with Crippen LogP contribution >= 0.6 is 0 Å². The topological polar surface area (TPSA) is 63.6 Å². The average Bonchev–Trinajstić information content (AvgIpc) is 2.75. The van der Waals surface area contributed by atoms with Gasteiger partial charge in [0, 0.05) is 0 Å². The van der Waals surface area contributed by atoms with Crippen LogP contribution in [-0.4, -0.2) is 24.2 Å². The van der Waals surface area contributed by atoms with E-state index in [0.717, 1.165) is 6.42 Å². The zero-order valence-electron chi connectivity index (χ0n) is 8.60. The summed E-state index contributed by atoms with van der Waals surface area (Å²) in [4.78, 5) is 22.6. The van der Waals surface area contributed by atoms with Crippen molar-refractivity contribution >= 4 is 11.9 Å². The van der Waals surface area contributed by atoms with E-state index in [4.69, 9.17) is 9.84 Å². The summed E-state index contributed by atoms with van der Waals surface area (Å²) < 4.78 is 4.75. The van der Waals surface area contributed by atoms with Crippen LogP contribution in [0.2, 0.25) is 0 Å². The lowest BCUT2D eigenvalue weighted by Gasteiger charge is -2.30. The first-order chi connectivity index (χ1) is 7.08. The first-order valence-electron chi connectivity index (χ1n) is 5.07. The van der Waals surface area contributed by atoms with Crippen LogP contribution in [0.25, 0.3) is 0 Å². The molecule has 0 spiro atoms. The smallest absolute Gasteiger partial charge is 0.313 e. The summed E-state index contributed by atoms with van der Waals surface area (Å²) in [6, 6.07) is 0. The predicted octanol–water partition coefficient (Wildman–Crippen LogP) is 1.22. The van der Waals surface area contributed by atoms with Crippen molar-refractivity contribution in [3.05, 3.63) is 12.2 Å². The lowest BCUT2D eigenvalue weighted by atomic mass is 9.73. The molecule has 1 N–H and O–H groups in total. The molecule has 2 rings (SSSR count). The minimum absolute atomic E-state index is 0.0473. The number of esters is 1. The first kappa shape index (κ1) is 10.2. The number of carbonyl (C=O) groups excluding carboxylic acids is 1. The quantitative estimate of drug-likeness (QED) is 0.562. The highest BCUT2D eigenvalue weighted by Crippen LogP contribution is 2.54. The fourth-order valence-corrected chi connectivity index (χ4v) is 2.94. The van der Waals surface area contributed by atoms with Crippen molar-refractivity contribution in [2.75, 3.05) is 7.11 Å². The molecule has 2 aliphatic carbocycles. The van der Waals surface area contributed by atoms with Gasteiger partial charge in [0.25, 0.3) is 0 Å². The Labute approximate surface area is 87.9 Å². The van der Waals surface area contributed by atoms with Crippen molar-refractivity contribution < 1.29 is 19.4 Å². The molecule has 0 radical (unpaired) electrons. The van der Waals surface area contributed by atoms with Crippen molar-refractivity contribution in [1.29, 1.82) is 0 Å². The highest BCUT2D eigenvalue weighted by Gasteiger charge is 2.55. The molecule has 1 fully saturated rings. The van der Waals surface area contributed by atoms with E-state index in [1.54, 1.807) is 0 Å². The fraction of sp³-hybridized carbons (Fsp3) is 0.636. The lowest BCUT2D eigenvalue weighted by Crippen LogP contribution is -2.38. The van der Waals surface area contributed by atoms with Gasteiger partial charge in [-0.3, -0.25) is 9.59 Å². The summed E-state index contributed by atoms with van der Waals surface area (Å²) in [5.74, 6) is -0.900. The Hall–Kier alpha value is -1.32. The van der Waals surface area contributed by atoms with Crippen molar-refractivity contribution in [3.63, 3.8) is 0 Å². The van der Waals surface area contributed by atoms with E-state index >= 15 is 0 Å². The van der Waals surface area contributed by atoms with Crippen LogP contribution in [0, 0.1) is 17.3 Å². The van der Waals surface area contributed by atoms with E-state index in [1.807, 2.05) is 6.08 Å². The van der Waals surface area contributed by atoms with Crippen LogP contribution in [0.1, 0.15) is 19.3 Å². The molecule has 3 unspecified atom stereocenters. The molecule has 15 heavy (non-hydrogen) atoms. The minimum atomic E-state index is -0.929. The summed E-state index contributed by atoms with van der Waals surface area (Å²) in [7, 11) is 1.32. The van der Waals surface area contributed by atoms with E-state index in [0.29, 0.717) is 12.3 Å². The van der Waals surface area contributed by atoms with Gasteiger partial charge in [-0.2, -0.15) is 0 Å². The van der Waals surface area contributed by atoms with Gasteiger partial charge in [-0.15, -0.1) is 0 Å². The van der Waals surface area contributed by atoms with Crippen molar-refractivity contribution in [2.24, 2.45) is 17.3 Å². The van der Waals surface area contributed by atoms with Gasteiger partial charge in [0.05, 0.1) is 18.9 Å². The van der Waals surface area contributed by atoms with Crippen LogP contribution in [-0.2, 0) is 14.3 Å². The molecule has 0 aromatic carbocycles. The maximum absolute atomic E-state index is 11.7. The average molecular weight is 210 g/mol. The zero-order chi connectivity index (χ0) is 11.1. The molecule has 82 valence electrons. The van der Waals surface area contributed by atoms with E-state index in [1.165, 1.54) is 7.11 Å².